The van der Waals surface area contributed by atoms with Crippen molar-refractivity contribution in [3.8, 4) is 0 Å². The number of hydrogen-bond donors (Lipinski definition) is 2. The maximum atomic E-state index is 13.3. The van der Waals surface area contributed by atoms with Crippen LogP contribution in [-0.4, -0.2) is 71.8 Å². The Morgan fingerprint density at radius 2 is 1.46 bits per heavy atom. The topological polar surface area (TPSA) is 103 Å². The zero-order valence-electron chi connectivity index (χ0n) is 26.9. The summed E-state index contributed by atoms with van der Waals surface area (Å²) in [5.41, 5.74) is 6.05. The molecule has 0 atom stereocenters. The molecule has 6 rings (SSSR count). The molecule has 1 aliphatic carbocycles. The molecule has 1 spiro atoms. The van der Waals surface area contributed by atoms with Crippen molar-refractivity contribution in [3.63, 3.8) is 0 Å². The summed E-state index contributed by atoms with van der Waals surface area (Å²) in [5.74, 6) is 0.0659. The Hall–Kier alpha value is -4.96. The van der Waals surface area contributed by atoms with Gasteiger partial charge in [-0.05, 0) is 78.9 Å². The lowest BCUT2D eigenvalue weighted by Crippen LogP contribution is -2.56. The minimum Gasteiger partial charge on any atom is -0.378 e. The van der Waals surface area contributed by atoms with Crippen molar-refractivity contribution < 1.29 is 14.4 Å². The minimum absolute atomic E-state index is 0.00183. The van der Waals surface area contributed by atoms with E-state index >= 15 is 0 Å². The third-order valence-electron chi connectivity index (χ3n) is 9.21. The van der Waals surface area contributed by atoms with Gasteiger partial charge in [-0.25, -0.2) is 4.98 Å². The van der Waals surface area contributed by atoms with Gasteiger partial charge in [0.1, 0.15) is 0 Å². The zero-order chi connectivity index (χ0) is 32.4. The van der Waals surface area contributed by atoms with Gasteiger partial charge in [-0.3, -0.25) is 19.3 Å². The Balaban J connectivity index is 1.06. The number of carbonyl (C=O) groups excluding carboxylic acids is 3. The molecule has 238 valence electrons. The largest absolute Gasteiger partial charge is 0.378 e. The van der Waals surface area contributed by atoms with Crippen LogP contribution in [0.4, 0.5) is 11.4 Å². The summed E-state index contributed by atoms with van der Waals surface area (Å²) < 4.78 is 2.09. The van der Waals surface area contributed by atoms with E-state index in [9.17, 15) is 14.4 Å². The Morgan fingerprint density at radius 1 is 0.804 bits per heavy atom. The molecule has 0 unspecified atom stereocenters. The molecule has 1 aromatic heterocycles. The average Bonchev–Trinajstić information content (AvgIpc) is 3.48. The number of carbonyl (C=O) groups is 3. The molecule has 0 saturated heterocycles. The molecule has 3 aromatic carbocycles. The van der Waals surface area contributed by atoms with Crippen LogP contribution in [0.1, 0.15) is 67.4 Å². The standard InChI is InChI=1S/C36H41N7O3/c1-40(2)30-16-12-27(13-17-30)33(44)39-29-14-8-25(9-15-29)22-38-34(45)32-37-23-31-36(18-5-19-36)42(20-21-43(31)32)24-26-6-10-28(11-7-26)35(46)41(3)4/h6-17,23H,5,18-22,24H2,1-4H3,(H,38,45)(H,39,44). The summed E-state index contributed by atoms with van der Waals surface area (Å²) >= 11 is 0. The van der Waals surface area contributed by atoms with Crippen molar-refractivity contribution in [2.75, 3.05) is 45.0 Å². The molecule has 2 aliphatic rings. The van der Waals surface area contributed by atoms with Crippen molar-refractivity contribution in [3.05, 3.63) is 113 Å². The van der Waals surface area contributed by atoms with E-state index in [1.54, 1.807) is 19.0 Å². The van der Waals surface area contributed by atoms with E-state index in [2.05, 4.69) is 25.1 Å². The lowest BCUT2D eigenvalue weighted by Gasteiger charge is -2.53. The van der Waals surface area contributed by atoms with Gasteiger partial charge >= 0.3 is 0 Å². The molecule has 2 heterocycles. The molecule has 10 nitrogen and oxygen atoms in total. The first-order valence-electron chi connectivity index (χ1n) is 15.7. The Kier molecular flexibility index (Phi) is 8.64. The number of imidazole rings is 1. The van der Waals surface area contributed by atoms with Crippen LogP contribution in [0.3, 0.4) is 0 Å². The van der Waals surface area contributed by atoms with Crippen LogP contribution in [-0.2, 0) is 25.2 Å². The first-order chi connectivity index (χ1) is 22.1. The summed E-state index contributed by atoms with van der Waals surface area (Å²) in [6.07, 6.45) is 5.08. The molecule has 0 radical (unpaired) electrons. The number of benzene rings is 3. The molecule has 2 N–H and O–H groups in total. The highest BCUT2D eigenvalue weighted by atomic mass is 16.2. The normalized spacial score (nSPS) is 15.0. The predicted octanol–water partition coefficient (Wildman–Crippen LogP) is 4.73. The van der Waals surface area contributed by atoms with Crippen LogP contribution in [0.2, 0.25) is 0 Å². The fourth-order valence-electron chi connectivity index (χ4n) is 6.38. The van der Waals surface area contributed by atoms with Gasteiger partial charge in [0.25, 0.3) is 17.7 Å². The van der Waals surface area contributed by atoms with Crippen molar-refractivity contribution in [2.24, 2.45) is 0 Å². The summed E-state index contributed by atoms with van der Waals surface area (Å²) in [5, 5.41) is 5.96. The lowest BCUT2D eigenvalue weighted by atomic mass is 9.72. The Morgan fingerprint density at radius 3 is 2.07 bits per heavy atom. The maximum absolute atomic E-state index is 13.3. The summed E-state index contributed by atoms with van der Waals surface area (Å²) in [4.78, 5) is 49.0. The fourth-order valence-corrected chi connectivity index (χ4v) is 6.38. The first-order valence-corrected chi connectivity index (χ1v) is 15.7. The van der Waals surface area contributed by atoms with Gasteiger partial charge in [-0.1, -0.05) is 24.3 Å². The average molecular weight is 620 g/mol. The van der Waals surface area contributed by atoms with Crippen LogP contribution < -0.4 is 15.5 Å². The van der Waals surface area contributed by atoms with E-state index < -0.39 is 0 Å². The third-order valence-corrected chi connectivity index (χ3v) is 9.21. The smallest absolute Gasteiger partial charge is 0.287 e. The second-order valence-electron chi connectivity index (χ2n) is 12.6. The quantitative estimate of drug-likeness (QED) is 0.281. The summed E-state index contributed by atoms with van der Waals surface area (Å²) in [7, 11) is 7.44. The summed E-state index contributed by atoms with van der Waals surface area (Å²) in [6.45, 7) is 2.63. The second kappa shape index (κ2) is 12.8. The Labute approximate surface area is 270 Å². The summed E-state index contributed by atoms with van der Waals surface area (Å²) in [6, 6.07) is 22.8. The van der Waals surface area contributed by atoms with Gasteiger partial charge in [-0.15, -0.1) is 0 Å². The molecule has 3 amide bonds. The fraction of sp³-hybridized carbons (Fsp3) is 0.333. The second-order valence-corrected chi connectivity index (χ2v) is 12.6. The highest BCUT2D eigenvalue weighted by molar-refractivity contribution is 6.04. The van der Waals surface area contributed by atoms with Gasteiger partial charge in [0.05, 0.1) is 17.4 Å². The molecule has 1 aliphatic heterocycles. The van der Waals surface area contributed by atoms with Gasteiger partial charge in [-0.2, -0.15) is 0 Å². The number of rotatable bonds is 9. The molecule has 10 heteroatoms. The number of nitrogens with zero attached hydrogens (tertiary/aromatic N) is 5. The third kappa shape index (κ3) is 6.12. The molecular formula is C36H41N7O3. The Bertz CT molecular complexity index is 1720. The van der Waals surface area contributed by atoms with Crippen LogP contribution in [0, 0.1) is 0 Å². The van der Waals surface area contributed by atoms with Crippen LogP contribution in [0.5, 0.6) is 0 Å². The molecule has 46 heavy (non-hydrogen) atoms. The van der Waals surface area contributed by atoms with Crippen molar-refractivity contribution in [2.45, 2.75) is 44.4 Å². The van der Waals surface area contributed by atoms with Gasteiger partial charge in [0, 0.05) is 76.9 Å². The number of aromatic nitrogens is 2. The first kappa shape index (κ1) is 31.0. The minimum atomic E-state index is -0.200. The van der Waals surface area contributed by atoms with E-state index in [-0.39, 0.29) is 23.3 Å². The van der Waals surface area contributed by atoms with Gasteiger partial charge < -0.3 is 25.0 Å². The zero-order valence-corrected chi connectivity index (χ0v) is 26.9. The molecule has 4 aromatic rings. The predicted molar refractivity (Wildman–Crippen MR) is 179 cm³/mol. The van der Waals surface area contributed by atoms with E-state index in [0.717, 1.165) is 54.9 Å². The van der Waals surface area contributed by atoms with E-state index in [1.807, 2.05) is 98.0 Å². The van der Waals surface area contributed by atoms with E-state index in [0.29, 0.717) is 35.7 Å². The number of hydrogen-bond acceptors (Lipinski definition) is 6. The van der Waals surface area contributed by atoms with Gasteiger partial charge in [0.15, 0.2) is 5.82 Å². The van der Waals surface area contributed by atoms with Crippen LogP contribution in [0.15, 0.2) is 79.0 Å². The van der Waals surface area contributed by atoms with Crippen molar-refractivity contribution in [1.29, 1.82) is 0 Å². The molecular weight excluding hydrogens is 578 g/mol. The SMILES string of the molecule is CN(C)C(=O)c1ccc(CN2CCn3c(cnc3C(=O)NCc3ccc(NC(=O)c4ccc(N(C)C)cc4)cc3)C23CCC3)cc1. The number of fused-ring (bicyclic) bond motifs is 2. The lowest BCUT2D eigenvalue weighted by molar-refractivity contribution is -0.0217. The van der Waals surface area contributed by atoms with E-state index in [4.69, 9.17) is 0 Å². The van der Waals surface area contributed by atoms with Gasteiger partial charge in [0.2, 0.25) is 0 Å². The number of nitrogens with one attached hydrogen (secondary N) is 2. The monoisotopic (exact) mass is 619 g/mol. The highest BCUT2D eigenvalue weighted by Crippen LogP contribution is 2.49. The van der Waals surface area contributed by atoms with E-state index in [1.165, 1.54) is 0 Å². The van der Waals surface area contributed by atoms with Crippen LogP contribution in [0.25, 0.3) is 0 Å². The maximum Gasteiger partial charge on any atom is 0.287 e. The molecule has 0 bridgehead atoms. The van der Waals surface area contributed by atoms with Crippen molar-refractivity contribution >= 4 is 29.1 Å². The highest BCUT2D eigenvalue weighted by Gasteiger charge is 2.49. The molecule has 1 fully saturated rings. The van der Waals surface area contributed by atoms with Crippen LogP contribution >= 0.6 is 0 Å². The number of anilines is 2. The molecule has 1 saturated carbocycles. The van der Waals surface area contributed by atoms with Crippen molar-refractivity contribution in [1.82, 2.24) is 24.7 Å². The number of amides is 3.